The van der Waals surface area contributed by atoms with E-state index < -0.39 is 0 Å². The van der Waals surface area contributed by atoms with E-state index in [1.807, 2.05) is 84.9 Å². The van der Waals surface area contributed by atoms with E-state index >= 15 is 0 Å². The fourth-order valence-electron chi connectivity index (χ4n) is 12.5. The van der Waals surface area contributed by atoms with Crippen molar-refractivity contribution >= 4 is 43.6 Å². The highest BCUT2D eigenvalue weighted by atomic mass is 15.1. The molecule has 8 nitrogen and oxygen atoms in total. The van der Waals surface area contributed by atoms with Gasteiger partial charge in [-0.05, 0) is 180 Å². The lowest BCUT2D eigenvalue weighted by Gasteiger charge is -2.20. The lowest BCUT2D eigenvalue weighted by molar-refractivity contribution is 0.590. The van der Waals surface area contributed by atoms with E-state index in [9.17, 15) is 15.8 Å². The fraction of sp³-hybridized carbons (Fsp3) is 0.195. The van der Waals surface area contributed by atoms with Crippen LogP contribution >= 0.6 is 0 Å². The van der Waals surface area contributed by atoms with Gasteiger partial charge in [0.15, 0.2) is 17.5 Å². The second-order valence-corrected chi connectivity index (χ2v) is 28.0. The minimum Gasteiger partial charge on any atom is -0.308 e. The Balaban J connectivity index is 1.14. The maximum Gasteiger partial charge on any atom is 0.166 e. The summed E-state index contributed by atoms with van der Waals surface area (Å²) in [6.07, 6.45) is 0. The predicted molar refractivity (Wildman–Crippen MR) is 370 cm³/mol. The summed E-state index contributed by atoms with van der Waals surface area (Å²) in [5, 5.41) is 35.1. The molecule has 3 aromatic heterocycles. The van der Waals surface area contributed by atoms with Gasteiger partial charge in [-0.25, -0.2) is 15.0 Å². The lowest BCUT2D eigenvalue weighted by atomic mass is 9.85. The van der Waals surface area contributed by atoms with Crippen LogP contribution in [0, 0.1) is 34.0 Å². The summed E-state index contributed by atoms with van der Waals surface area (Å²) < 4.78 is 4.74. The second-order valence-electron chi connectivity index (χ2n) is 28.0. The van der Waals surface area contributed by atoms with Crippen molar-refractivity contribution < 1.29 is 0 Å². The van der Waals surface area contributed by atoms with Crippen LogP contribution in [-0.4, -0.2) is 24.1 Å². The third-order valence-corrected chi connectivity index (χ3v) is 17.7. The van der Waals surface area contributed by atoms with Crippen molar-refractivity contribution in [1.29, 1.82) is 15.8 Å². The molecule has 0 aliphatic rings. The number of fused-ring (bicyclic) bond motifs is 6. The highest BCUT2D eigenvalue weighted by Gasteiger charge is 2.28. The van der Waals surface area contributed by atoms with Gasteiger partial charge in [0.1, 0.15) is 0 Å². The van der Waals surface area contributed by atoms with Crippen molar-refractivity contribution in [2.45, 2.75) is 105 Å². The Kier molecular flexibility index (Phi) is 14.2. The molecule has 13 aromatic rings. The summed E-state index contributed by atoms with van der Waals surface area (Å²) >= 11 is 0. The Labute approximate surface area is 527 Å². The van der Waals surface area contributed by atoms with Crippen LogP contribution in [0.25, 0.3) is 123 Å². The van der Waals surface area contributed by atoms with Crippen LogP contribution in [0.15, 0.2) is 206 Å². The maximum atomic E-state index is 10.2. The van der Waals surface area contributed by atoms with Crippen LogP contribution < -0.4 is 0 Å². The number of benzene rings is 10. The van der Waals surface area contributed by atoms with Crippen LogP contribution in [0.4, 0.5) is 0 Å². The molecule has 3 heterocycles. The molecule has 0 unspecified atom stereocenters. The normalized spacial score (nSPS) is 12.2. The Morgan fingerprint density at radius 3 is 1.00 bits per heavy atom. The van der Waals surface area contributed by atoms with Crippen LogP contribution in [0.3, 0.4) is 0 Å². The van der Waals surface area contributed by atoms with Gasteiger partial charge in [-0.2, -0.15) is 15.8 Å². The van der Waals surface area contributed by atoms with E-state index in [1.54, 1.807) is 0 Å². The molecular formula is C82H70N8. The summed E-state index contributed by atoms with van der Waals surface area (Å²) in [6.45, 7) is 27.1. The quantitative estimate of drug-likeness (QED) is 0.149. The summed E-state index contributed by atoms with van der Waals surface area (Å²) in [4.78, 5) is 16.8. The first-order valence-corrected chi connectivity index (χ1v) is 30.8. The zero-order valence-corrected chi connectivity index (χ0v) is 53.2. The first kappa shape index (κ1) is 58.3. The molecule has 0 aliphatic heterocycles. The third-order valence-electron chi connectivity index (χ3n) is 17.7. The molecule has 0 radical (unpaired) electrons. The molecule has 13 rings (SSSR count). The molecule has 0 bridgehead atoms. The summed E-state index contributed by atoms with van der Waals surface area (Å²) in [6, 6.07) is 78.8. The van der Waals surface area contributed by atoms with E-state index in [2.05, 4.69) is 232 Å². The van der Waals surface area contributed by atoms with Crippen LogP contribution in [0.1, 0.15) is 122 Å². The van der Waals surface area contributed by atoms with Crippen molar-refractivity contribution in [1.82, 2.24) is 24.1 Å². The van der Waals surface area contributed by atoms with Crippen LogP contribution in [0.2, 0.25) is 0 Å². The van der Waals surface area contributed by atoms with Gasteiger partial charge in [0, 0.05) is 38.2 Å². The Bertz CT molecular complexity index is 4780. The highest BCUT2D eigenvalue weighted by molar-refractivity contribution is 6.12. The van der Waals surface area contributed by atoms with Crippen molar-refractivity contribution in [3.8, 4) is 97.1 Å². The van der Waals surface area contributed by atoms with Crippen molar-refractivity contribution in [3.63, 3.8) is 0 Å². The standard InChI is InChI=1S/C82H70N8/c1-79(2,3)59-29-35-70-66(43-59)67-44-60(80(4,5)6)30-36-71(67)89(70)74-41-56(54-20-15-17-50(39-54)47-83)27-33-64(74)77-86-76(53-25-23-52(24-26-53)63-22-14-13-19-58(63)49-85)87-78(88-77)65-34-28-57(55-21-16-18-51(40-55)48-84)42-75(65)90-72-37-31-61(81(7,8)9)45-68(72)69-46-62(82(10,11)12)32-38-73(69)90/h13-46H,1-12H3. The average molecular weight is 1170 g/mol. The molecule has 438 valence electrons. The van der Waals surface area contributed by atoms with Gasteiger partial charge in [-0.15, -0.1) is 0 Å². The van der Waals surface area contributed by atoms with Gasteiger partial charge in [0.2, 0.25) is 0 Å². The number of hydrogen-bond acceptors (Lipinski definition) is 6. The lowest BCUT2D eigenvalue weighted by Crippen LogP contribution is -2.10. The number of rotatable bonds is 8. The van der Waals surface area contributed by atoms with E-state index in [1.165, 1.54) is 22.3 Å². The Morgan fingerprint density at radius 2 is 0.633 bits per heavy atom. The smallest absolute Gasteiger partial charge is 0.166 e. The van der Waals surface area contributed by atoms with Gasteiger partial charge in [0.05, 0.1) is 68.3 Å². The molecule has 0 amide bonds. The molecule has 10 aromatic carbocycles. The Hall–Kier alpha value is -10.7. The molecule has 0 spiro atoms. The second kappa shape index (κ2) is 21.8. The van der Waals surface area contributed by atoms with Crippen LogP contribution in [-0.2, 0) is 21.7 Å². The molecule has 8 heteroatoms. The van der Waals surface area contributed by atoms with E-state index in [0.717, 1.165) is 105 Å². The largest absolute Gasteiger partial charge is 0.308 e. The van der Waals surface area contributed by atoms with E-state index in [4.69, 9.17) is 15.0 Å². The van der Waals surface area contributed by atoms with Gasteiger partial charge < -0.3 is 9.13 Å². The molecular weight excluding hydrogens is 1100 g/mol. The number of hydrogen-bond donors (Lipinski definition) is 0. The van der Waals surface area contributed by atoms with Crippen molar-refractivity contribution in [2.75, 3.05) is 0 Å². The monoisotopic (exact) mass is 1170 g/mol. The molecule has 0 atom stereocenters. The predicted octanol–water partition coefficient (Wildman–Crippen LogP) is 20.9. The van der Waals surface area contributed by atoms with E-state index in [0.29, 0.717) is 34.2 Å². The summed E-state index contributed by atoms with van der Waals surface area (Å²) in [5.41, 5.74) is 19.8. The Morgan fingerprint density at radius 1 is 0.289 bits per heavy atom. The molecule has 90 heavy (non-hydrogen) atoms. The fourth-order valence-corrected chi connectivity index (χ4v) is 12.5. The molecule has 0 fully saturated rings. The van der Waals surface area contributed by atoms with Crippen molar-refractivity contribution in [2.24, 2.45) is 0 Å². The molecule has 0 aliphatic carbocycles. The molecule has 0 N–H and O–H groups in total. The molecule has 0 saturated carbocycles. The van der Waals surface area contributed by atoms with Crippen LogP contribution in [0.5, 0.6) is 0 Å². The SMILES string of the molecule is CC(C)(C)c1ccc2c(c1)c1cc(C(C)(C)C)ccc1n2-c1cc(-c2cccc(C#N)c2)ccc1-c1nc(-c2ccc(-c3ccccc3C#N)cc2)nc(-c2ccc(-c3cccc(C#N)c3)cc2-n2c3ccc(C(C)(C)C)cc3c3cc(C(C)(C)C)ccc32)n1. The zero-order valence-electron chi connectivity index (χ0n) is 53.2. The minimum atomic E-state index is -0.113. The minimum absolute atomic E-state index is 0.113. The van der Waals surface area contributed by atoms with E-state index in [-0.39, 0.29) is 21.7 Å². The third kappa shape index (κ3) is 10.6. The first-order chi connectivity index (χ1) is 43.0. The van der Waals surface area contributed by atoms with Gasteiger partial charge in [-0.3, -0.25) is 0 Å². The first-order valence-electron chi connectivity index (χ1n) is 30.8. The number of nitriles is 3. The van der Waals surface area contributed by atoms with Gasteiger partial charge in [-0.1, -0.05) is 186 Å². The summed E-state index contributed by atoms with van der Waals surface area (Å²) in [7, 11) is 0. The van der Waals surface area contributed by atoms with Crippen molar-refractivity contribution in [3.05, 3.63) is 245 Å². The summed E-state index contributed by atoms with van der Waals surface area (Å²) in [5.74, 6) is 1.37. The number of nitrogens with zero attached hydrogens (tertiary/aromatic N) is 8. The zero-order chi connectivity index (χ0) is 63.2. The number of aromatic nitrogens is 5. The maximum absolute atomic E-state index is 10.2. The molecule has 0 saturated heterocycles. The van der Waals surface area contributed by atoms with Gasteiger partial charge >= 0.3 is 0 Å². The average Bonchev–Trinajstić information content (AvgIpc) is 1.59. The topological polar surface area (TPSA) is 120 Å². The highest BCUT2D eigenvalue weighted by Crippen LogP contribution is 2.45. The van der Waals surface area contributed by atoms with Gasteiger partial charge in [0.25, 0.3) is 0 Å².